The number of aromatic nitrogens is 1. The number of halogens is 1. The lowest BCUT2D eigenvalue weighted by Crippen LogP contribution is -2.14. The molecule has 21 heavy (non-hydrogen) atoms. The molecular formula is C16H18IN3O. The number of rotatable bonds is 5. The van der Waals surface area contributed by atoms with Gasteiger partial charge in [-0.25, -0.2) is 4.98 Å². The lowest BCUT2D eigenvalue weighted by molar-refractivity contribution is 0.102. The van der Waals surface area contributed by atoms with Gasteiger partial charge >= 0.3 is 0 Å². The fourth-order valence-corrected chi connectivity index (χ4v) is 2.48. The minimum absolute atomic E-state index is 0.117. The number of hydrogen-bond acceptors (Lipinski definition) is 3. The Morgan fingerprint density at radius 1 is 1.24 bits per heavy atom. The van der Waals surface area contributed by atoms with Gasteiger partial charge in [0.2, 0.25) is 0 Å². The van der Waals surface area contributed by atoms with Gasteiger partial charge in [0, 0.05) is 27.1 Å². The van der Waals surface area contributed by atoms with E-state index in [0.717, 1.165) is 33.7 Å². The van der Waals surface area contributed by atoms with Gasteiger partial charge in [-0.15, -0.1) is 0 Å². The quantitative estimate of drug-likeness (QED) is 0.755. The summed E-state index contributed by atoms with van der Waals surface area (Å²) in [6.45, 7) is 4.81. The standard InChI is InChI=1S/C16H18IN3O/c1-3-13-8-11(9-15(19-13)18-4-2)16(21)20-14-7-5-6-12(17)10-14/h5-10H,3-4H2,1-2H3,(H,18,19)(H,20,21). The third-order valence-electron chi connectivity index (χ3n) is 2.94. The zero-order valence-electron chi connectivity index (χ0n) is 12.1. The molecule has 5 heteroatoms. The van der Waals surface area contributed by atoms with Crippen LogP contribution in [0.1, 0.15) is 29.9 Å². The summed E-state index contributed by atoms with van der Waals surface area (Å²) in [5, 5.41) is 6.08. The van der Waals surface area contributed by atoms with Gasteiger partial charge in [-0.3, -0.25) is 4.79 Å². The molecule has 110 valence electrons. The van der Waals surface area contributed by atoms with Crippen molar-refractivity contribution < 1.29 is 4.79 Å². The van der Waals surface area contributed by atoms with Crippen molar-refractivity contribution in [1.29, 1.82) is 0 Å². The summed E-state index contributed by atoms with van der Waals surface area (Å²) in [4.78, 5) is 16.8. The van der Waals surface area contributed by atoms with E-state index in [1.807, 2.05) is 44.2 Å². The predicted molar refractivity (Wildman–Crippen MR) is 94.9 cm³/mol. The molecule has 0 aliphatic heterocycles. The summed E-state index contributed by atoms with van der Waals surface area (Å²) >= 11 is 2.22. The van der Waals surface area contributed by atoms with Crippen molar-refractivity contribution in [3.63, 3.8) is 0 Å². The highest BCUT2D eigenvalue weighted by Gasteiger charge is 2.10. The second kappa shape index (κ2) is 7.40. The molecular weight excluding hydrogens is 377 g/mol. The van der Waals surface area contributed by atoms with Gasteiger partial charge in [-0.2, -0.15) is 0 Å². The van der Waals surface area contributed by atoms with Crippen LogP contribution in [0.15, 0.2) is 36.4 Å². The molecule has 2 rings (SSSR count). The molecule has 2 N–H and O–H groups in total. The summed E-state index contributed by atoms with van der Waals surface area (Å²) in [5.74, 6) is 0.623. The van der Waals surface area contributed by atoms with Crippen molar-refractivity contribution in [1.82, 2.24) is 4.98 Å². The van der Waals surface area contributed by atoms with Crippen LogP contribution in [0.25, 0.3) is 0 Å². The Morgan fingerprint density at radius 3 is 2.71 bits per heavy atom. The van der Waals surface area contributed by atoms with Crippen molar-refractivity contribution >= 4 is 40.0 Å². The average Bonchev–Trinajstić information content (AvgIpc) is 2.47. The Bertz CT molecular complexity index is 643. The second-order valence-electron chi connectivity index (χ2n) is 4.58. The third kappa shape index (κ3) is 4.42. The van der Waals surface area contributed by atoms with Gasteiger partial charge in [0.15, 0.2) is 0 Å². The Morgan fingerprint density at radius 2 is 2.05 bits per heavy atom. The van der Waals surface area contributed by atoms with Crippen LogP contribution in [0.4, 0.5) is 11.5 Å². The number of carbonyl (C=O) groups excluding carboxylic acids is 1. The summed E-state index contributed by atoms with van der Waals surface area (Å²) in [6.07, 6.45) is 0.794. The van der Waals surface area contributed by atoms with Gasteiger partial charge in [0.05, 0.1) is 0 Å². The van der Waals surface area contributed by atoms with Crippen molar-refractivity contribution in [2.75, 3.05) is 17.2 Å². The first-order valence-electron chi connectivity index (χ1n) is 6.94. The third-order valence-corrected chi connectivity index (χ3v) is 3.61. The van der Waals surface area contributed by atoms with Crippen LogP contribution in [0, 0.1) is 3.57 Å². The van der Waals surface area contributed by atoms with Crippen LogP contribution >= 0.6 is 22.6 Å². The number of amides is 1. The molecule has 0 radical (unpaired) electrons. The first-order chi connectivity index (χ1) is 10.1. The van der Waals surface area contributed by atoms with Crippen molar-refractivity contribution in [2.24, 2.45) is 0 Å². The number of nitrogens with zero attached hydrogens (tertiary/aromatic N) is 1. The largest absolute Gasteiger partial charge is 0.370 e. The van der Waals surface area contributed by atoms with Crippen LogP contribution in [0.5, 0.6) is 0 Å². The average molecular weight is 395 g/mol. The van der Waals surface area contributed by atoms with Gasteiger partial charge < -0.3 is 10.6 Å². The lowest BCUT2D eigenvalue weighted by Gasteiger charge is -2.10. The Balaban J connectivity index is 2.23. The highest BCUT2D eigenvalue weighted by molar-refractivity contribution is 14.1. The fraction of sp³-hybridized carbons (Fsp3) is 0.250. The first kappa shape index (κ1) is 15.8. The number of carbonyl (C=O) groups is 1. The maximum absolute atomic E-state index is 12.4. The molecule has 0 aliphatic rings. The van der Waals surface area contributed by atoms with Gasteiger partial charge in [-0.1, -0.05) is 13.0 Å². The van der Waals surface area contributed by atoms with Crippen LogP contribution < -0.4 is 10.6 Å². The maximum Gasteiger partial charge on any atom is 0.255 e. The Labute approximate surface area is 138 Å². The van der Waals surface area contributed by atoms with E-state index in [1.54, 1.807) is 6.07 Å². The van der Waals surface area contributed by atoms with Crippen LogP contribution in [0.3, 0.4) is 0 Å². The molecule has 4 nitrogen and oxygen atoms in total. The molecule has 0 unspecified atom stereocenters. The number of hydrogen-bond donors (Lipinski definition) is 2. The van der Waals surface area contributed by atoms with Gasteiger partial charge in [0.25, 0.3) is 5.91 Å². The maximum atomic E-state index is 12.4. The van der Waals surface area contributed by atoms with E-state index in [2.05, 4.69) is 38.2 Å². The smallest absolute Gasteiger partial charge is 0.255 e. The van der Waals surface area contributed by atoms with E-state index in [4.69, 9.17) is 0 Å². The molecule has 0 fully saturated rings. The van der Waals surface area contributed by atoms with Crippen LogP contribution in [0.2, 0.25) is 0 Å². The second-order valence-corrected chi connectivity index (χ2v) is 5.83. The highest BCUT2D eigenvalue weighted by atomic mass is 127. The summed E-state index contributed by atoms with van der Waals surface area (Å²) in [7, 11) is 0. The van der Waals surface area contributed by atoms with E-state index in [9.17, 15) is 4.79 Å². The fourth-order valence-electron chi connectivity index (χ4n) is 1.94. The Kier molecular flexibility index (Phi) is 5.55. The molecule has 0 aliphatic carbocycles. The van der Waals surface area contributed by atoms with Crippen LogP contribution in [-0.2, 0) is 6.42 Å². The van der Waals surface area contributed by atoms with E-state index >= 15 is 0 Å². The molecule has 1 heterocycles. The Hall–Kier alpha value is -1.63. The summed E-state index contributed by atoms with van der Waals surface area (Å²) in [6, 6.07) is 11.3. The number of benzene rings is 1. The van der Waals surface area contributed by atoms with Gasteiger partial charge in [0.1, 0.15) is 5.82 Å². The summed E-state index contributed by atoms with van der Waals surface area (Å²) in [5.41, 5.74) is 2.32. The van der Waals surface area contributed by atoms with Gasteiger partial charge in [-0.05, 0) is 66.3 Å². The van der Waals surface area contributed by atoms with E-state index in [0.29, 0.717) is 5.56 Å². The number of nitrogens with one attached hydrogen (secondary N) is 2. The minimum atomic E-state index is -0.117. The highest BCUT2D eigenvalue weighted by Crippen LogP contribution is 2.16. The minimum Gasteiger partial charge on any atom is -0.370 e. The van der Waals surface area contributed by atoms with E-state index in [-0.39, 0.29) is 5.91 Å². The number of pyridine rings is 1. The normalized spacial score (nSPS) is 10.2. The number of aryl methyl sites for hydroxylation is 1. The topological polar surface area (TPSA) is 54.0 Å². The molecule has 0 saturated heterocycles. The monoisotopic (exact) mass is 395 g/mol. The molecule has 0 bridgehead atoms. The molecule has 0 spiro atoms. The van der Waals surface area contributed by atoms with E-state index in [1.165, 1.54) is 0 Å². The van der Waals surface area contributed by atoms with Crippen molar-refractivity contribution in [3.8, 4) is 0 Å². The molecule has 0 atom stereocenters. The SMILES string of the molecule is CCNc1cc(C(=O)Nc2cccc(I)c2)cc(CC)n1. The van der Waals surface area contributed by atoms with Crippen molar-refractivity contribution in [2.45, 2.75) is 20.3 Å². The molecule has 0 saturated carbocycles. The van der Waals surface area contributed by atoms with Crippen LogP contribution in [-0.4, -0.2) is 17.4 Å². The zero-order valence-corrected chi connectivity index (χ0v) is 14.3. The molecule has 1 aromatic carbocycles. The first-order valence-corrected chi connectivity index (χ1v) is 8.02. The molecule has 2 aromatic rings. The van der Waals surface area contributed by atoms with Crippen molar-refractivity contribution in [3.05, 3.63) is 51.2 Å². The molecule has 1 amide bonds. The summed E-state index contributed by atoms with van der Waals surface area (Å²) < 4.78 is 1.09. The predicted octanol–water partition coefficient (Wildman–Crippen LogP) is 3.93. The zero-order chi connectivity index (χ0) is 15.2. The lowest BCUT2D eigenvalue weighted by atomic mass is 10.1. The molecule has 1 aromatic heterocycles. The number of anilines is 2. The van der Waals surface area contributed by atoms with E-state index < -0.39 is 0 Å².